The lowest BCUT2D eigenvalue weighted by Crippen LogP contribution is -2.43. The van der Waals surface area contributed by atoms with Crippen LogP contribution in [0.2, 0.25) is 0 Å². The van der Waals surface area contributed by atoms with E-state index in [0.29, 0.717) is 19.6 Å². The van der Waals surface area contributed by atoms with Crippen LogP contribution in [0.15, 0.2) is 24.3 Å². The van der Waals surface area contributed by atoms with Gasteiger partial charge in [0.15, 0.2) is 0 Å². The average Bonchev–Trinajstić information content (AvgIpc) is 3.08. The number of anilines is 1. The molecule has 0 atom stereocenters. The molecule has 0 unspecified atom stereocenters. The van der Waals surface area contributed by atoms with Crippen molar-refractivity contribution in [3.8, 4) is 0 Å². The molecule has 2 heterocycles. The fraction of sp³-hybridized carbons (Fsp3) is 0.625. The number of hydrogen-bond donors (Lipinski definition) is 1. The van der Waals surface area contributed by atoms with Gasteiger partial charge in [0.25, 0.3) is 10.2 Å². The first-order chi connectivity index (χ1) is 10.7. The smallest absolute Gasteiger partial charge is 0.279 e. The van der Waals surface area contributed by atoms with Gasteiger partial charge in [-0.15, -0.1) is 0 Å². The summed E-state index contributed by atoms with van der Waals surface area (Å²) >= 11 is 0. The van der Waals surface area contributed by atoms with Crippen LogP contribution in [-0.2, 0) is 16.8 Å². The lowest BCUT2D eigenvalue weighted by atomic mass is 10.1. The molecule has 2 fully saturated rings. The molecule has 0 saturated carbocycles. The number of nitrogens with one attached hydrogen (secondary N) is 1. The SMILES string of the molecule is O=S(=O)(NCc1ccccc1N1CCCC1)N1CCCCC1. The maximum Gasteiger partial charge on any atom is 0.279 e. The third-order valence-electron chi connectivity index (χ3n) is 4.54. The maximum absolute atomic E-state index is 12.4. The highest BCUT2D eigenvalue weighted by Crippen LogP contribution is 2.24. The van der Waals surface area contributed by atoms with Gasteiger partial charge < -0.3 is 4.90 Å². The first-order valence-corrected chi connectivity index (χ1v) is 9.68. The fourth-order valence-corrected chi connectivity index (χ4v) is 4.55. The van der Waals surface area contributed by atoms with Gasteiger partial charge in [-0.25, -0.2) is 0 Å². The van der Waals surface area contributed by atoms with Gasteiger partial charge in [0.2, 0.25) is 0 Å². The molecule has 0 bridgehead atoms. The Balaban J connectivity index is 1.68. The number of piperidine rings is 1. The largest absolute Gasteiger partial charge is 0.371 e. The summed E-state index contributed by atoms with van der Waals surface area (Å²) in [6, 6.07) is 8.11. The molecule has 0 aromatic heterocycles. The molecular weight excluding hydrogens is 298 g/mol. The number of rotatable bonds is 5. The van der Waals surface area contributed by atoms with Crippen LogP contribution >= 0.6 is 0 Å². The van der Waals surface area contributed by atoms with E-state index in [9.17, 15) is 8.42 Å². The fourth-order valence-electron chi connectivity index (χ4n) is 3.29. The van der Waals surface area contributed by atoms with Crippen LogP contribution in [0.25, 0.3) is 0 Å². The standard InChI is InChI=1S/C16H25N3O2S/c20-22(21,19-12-4-1-5-13-19)17-14-15-8-2-3-9-16(15)18-10-6-7-11-18/h2-3,8-9,17H,1,4-7,10-14H2. The Kier molecular flexibility index (Phi) is 5.00. The lowest BCUT2D eigenvalue weighted by molar-refractivity contribution is 0.341. The topological polar surface area (TPSA) is 52.7 Å². The van der Waals surface area contributed by atoms with E-state index in [2.05, 4.69) is 15.7 Å². The van der Waals surface area contributed by atoms with Crippen molar-refractivity contribution in [2.75, 3.05) is 31.1 Å². The second-order valence-electron chi connectivity index (χ2n) is 6.11. The van der Waals surface area contributed by atoms with Crippen LogP contribution in [0.4, 0.5) is 5.69 Å². The molecular formula is C16H25N3O2S. The predicted octanol–water partition coefficient (Wildman–Crippen LogP) is 2.11. The second kappa shape index (κ2) is 6.98. The second-order valence-corrected chi connectivity index (χ2v) is 7.86. The molecule has 1 aromatic rings. The van der Waals surface area contributed by atoms with Crippen molar-refractivity contribution in [3.05, 3.63) is 29.8 Å². The minimum Gasteiger partial charge on any atom is -0.371 e. The average molecular weight is 323 g/mol. The summed E-state index contributed by atoms with van der Waals surface area (Å²) in [6.45, 7) is 3.78. The Hall–Kier alpha value is -1.11. The van der Waals surface area contributed by atoms with Crippen LogP contribution in [0.5, 0.6) is 0 Å². The molecule has 2 saturated heterocycles. The van der Waals surface area contributed by atoms with Gasteiger partial charge in [-0.1, -0.05) is 24.6 Å². The quantitative estimate of drug-likeness (QED) is 0.903. The monoisotopic (exact) mass is 323 g/mol. The number of hydrogen-bond acceptors (Lipinski definition) is 3. The van der Waals surface area contributed by atoms with E-state index in [0.717, 1.165) is 37.9 Å². The summed E-state index contributed by atoms with van der Waals surface area (Å²) in [4.78, 5) is 2.35. The molecule has 0 amide bonds. The maximum atomic E-state index is 12.4. The van der Waals surface area contributed by atoms with Crippen molar-refractivity contribution in [1.82, 2.24) is 9.03 Å². The molecule has 0 spiro atoms. The molecule has 122 valence electrons. The molecule has 1 aromatic carbocycles. The molecule has 0 radical (unpaired) electrons. The molecule has 6 heteroatoms. The highest BCUT2D eigenvalue weighted by Gasteiger charge is 2.24. The number of benzene rings is 1. The van der Waals surface area contributed by atoms with E-state index in [1.165, 1.54) is 18.5 Å². The lowest BCUT2D eigenvalue weighted by Gasteiger charge is -2.26. The van der Waals surface area contributed by atoms with Gasteiger partial charge in [-0.05, 0) is 37.3 Å². The van der Waals surface area contributed by atoms with Crippen LogP contribution in [0.3, 0.4) is 0 Å². The zero-order chi connectivity index (χ0) is 15.4. The van der Waals surface area contributed by atoms with E-state index < -0.39 is 10.2 Å². The van der Waals surface area contributed by atoms with E-state index in [1.54, 1.807) is 4.31 Å². The number of para-hydroxylation sites is 1. The molecule has 2 aliphatic rings. The molecule has 5 nitrogen and oxygen atoms in total. The van der Waals surface area contributed by atoms with Crippen molar-refractivity contribution in [2.24, 2.45) is 0 Å². The Morgan fingerprint density at radius 1 is 0.909 bits per heavy atom. The Morgan fingerprint density at radius 2 is 1.55 bits per heavy atom. The molecule has 1 N–H and O–H groups in total. The molecule has 2 aliphatic heterocycles. The summed E-state index contributed by atoms with van der Waals surface area (Å²) in [7, 11) is -3.36. The van der Waals surface area contributed by atoms with Crippen molar-refractivity contribution in [3.63, 3.8) is 0 Å². The van der Waals surface area contributed by atoms with Crippen LogP contribution in [0, 0.1) is 0 Å². The predicted molar refractivity (Wildman–Crippen MR) is 89.1 cm³/mol. The highest BCUT2D eigenvalue weighted by molar-refractivity contribution is 7.87. The van der Waals surface area contributed by atoms with E-state index in [1.807, 2.05) is 18.2 Å². The van der Waals surface area contributed by atoms with Crippen LogP contribution in [0.1, 0.15) is 37.7 Å². The minimum absolute atomic E-state index is 0.367. The van der Waals surface area contributed by atoms with Gasteiger partial charge in [-0.3, -0.25) is 0 Å². The summed E-state index contributed by atoms with van der Waals surface area (Å²) < 4.78 is 29.1. The van der Waals surface area contributed by atoms with Crippen LogP contribution < -0.4 is 9.62 Å². The van der Waals surface area contributed by atoms with E-state index >= 15 is 0 Å². The third kappa shape index (κ3) is 3.62. The summed E-state index contributed by atoms with van der Waals surface area (Å²) in [5.41, 5.74) is 2.23. The minimum atomic E-state index is -3.36. The molecule has 0 aliphatic carbocycles. The van der Waals surface area contributed by atoms with Crippen molar-refractivity contribution < 1.29 is 8.42 Å². The Bertz CT molecular complexity index is 591. The Labute approximate surface area is 133 Å². The third-order valence-corrected chi connectivity index (χ3v) is 6.09. The zero-order valence-electron chi connectivity index (χ0n) is 13.0. The van der Waals surface area contributed by atoms with Crippen LogP contribution in [-0.4, -0.2) is 38.9 Å². The van der Waals surface area contributed by atoms with Gasteiger partial charge in [0.1, 0.15) is 0 Å². The first kappa shape index (κ1) is 15.8. The van der Waals surface area contributed by atoms with Gasteiger partial charge in [-0.2, -0.15) is 17.4 Å². The summed E-state index contributed by atoms with van der Waals surface area (Å²) in [5.74, 6) is 0. The van der Waals surface area contributed by atoms with Gasteiger partial charge >= 0.3 is 0 Å². The van der Waals surface area contributed by atoms with E-state index in [4.69, 9.17) is 0 Å². The normalized spacial score (nSPS) is 20.5. The zero-order valence-corrected chi connectivity index (χ0v) is 13.8. The van der Waals surface area contributed by atoms with E-state index in [-0.39, 0.29) is 0 Å². The van der Waals surface area contributed by atoms with Gasteiger partial charge in [0, 0.05) is 38.4 Å². The molecule has 22 heavy (non-hydrogen) atoms. The first-order valence-electron chi connectivity index (χ1n) is 8.24. The van der Waals surface area contributed by atoms with Crippen molar-refractivity contribution in [2.45, 2.75) is 38.6 Å². The number of nitrogens with zero attached hydrogens (tertiary/aromatic N) is 2. The summed E-state index contributed by atoms with van der Waals surface area (Å²) in [6.07, 6.45) is 5.49. The Morgan fingerprint density at radius 3 is 2.27 bits per heavy atom. The van der Waals surface area contributed by atoms with Gasteiger partial charge in [0.05, 0.1) is 0 Å². The molecule has 3 rings (SSSR count). The highest BCUT2D eigenvalue weighted by atomic mass is 32.2. The van der Waals surface area contributed by atoms with Crippen molar-refractivity contribution >= 4 is 15.9 Å². The summed E-state index contributed by atoms with van der Waals surface area (Å²) in [5, 5.41) is 0. The van der Waals surface area contributed by atoms with Crippen molar-refractivity contribution in [1.29, 1.82) is 0 Å².